The molecule has 0 spiro atoms. The van der Waals surface area contributed by atoms with E-state index in [0.29, 0.717) is 6.08 Å². The molecule has 0 fully saturated rings. The number of carbonyl (C=O) groups is 1. The van der Waals surface area contributed by atoms with Crippen LogP contribution in [0.4, 0.5) is 13.2 Å². The molecular weight excluding hydrogens is 371 g/mol. The lowest BCUT2D eigenvalue weighted by Crippen LogP contribution is -2.52. The molecule has 152 valence electrons. The minimum atomic E-state index is -5.02. The molecule has 1 unspecified atom stereocenters. The lowest BCUT2D eigenvalue weighted by atomic mass is 10.0. The van der Waals surface area contributed by atoms with E-state index in [1.165, 1.54) is 33.5 Å². The molecule has 0 radical (unpaired) electrons. The van der Waals surface area contributed by atoms with E-state index in [4.69, 9.17) is 18.9 Å². The van der Waals surface area contributed by atoms with Gasteiger partial charge in [-0.2, -0.15) is 13.2 Å². The van der Waals surface area contributed by atoms with Crippen LogP contribution >= 0.6 is 0 Å². The standard InChI is InChI=1S/C17H22F3NO6/c1-5-27-7-6-16(23,17(18,19)20)10-21-15(22)11-8-12(24-2)14(26-4)13(9-11)25-3/h6-9,23H,5,10H2,1-4H3,(H,21,22)/b7-6+. The predicted molar refractivity (Wildman–Crippen MR) is 90.2 cm³/mol. The molecule has 7 nitrogen and oxygen atoms in total. The number of methoxy groups -OCH3 is 3. The largest absolute Gasteiger partial charge is 0.502 e. The first-order valence-corrected chi connectivity index (χ1v) is 7.80. The summed E-state index contributed by atoms with van der Waals surface area (Å²) in [5.74, 6) is -0.335. The minimum Gasteiger partial charge on any atom is -0.502 e. The van der Waals surface area contributed by atoms with Gasteiger partial charge in [0, 0.05) is 5.56 Å². The van der Waals surface area contributed by atoms with Gasteiger partial charge in [0.25, 0.3) is 5.91 Å². The lowest BCUT2D eigenvalue weighted by molar-refractivity contribution is -0.237. The maximum Gasteiger partial charge on any atom is 0.422 e. The summed E-state index contributed by atoms with van der Waals surface area (Å²) >= 11 is 0. The van der Waals surface area contributed by atoms with Crippen LogP contribution in [0, 0.1) is 0 Å². The molecule has 1 aromatic carbocycles. The van der Waals surface area contributed by atoms with Crippen LogP contribution in [0.3, 0.4) is 0 Å². The first kappa shape index (κ1) is 22.4. The molecule has 1 atom stereocenters. The van der Waals surface area contributed by atoms with E-state index >= 15 is 0 Å². The normalized spacial score (nSPS) is 13.8. The van der Waals surface area contributed by atoms with Gasteiger partial charge < -0.3 is 29.4 Å². The van der Waals surface area contributed by atoms with Crippen LogP contribution in [0.25, 0.3) is 0 Å². The third-order valence-corrected chi connectivity index (χ3v) is 3.54. The average Bonchev–Trinajstić information content (AvgIpc) is 2.63. The predicted octanol–water partition coefficient (Wildman–Crippen LogP) is 2.29. The van der Waals surface area contributed by atoms with E-state index in [1.54, 1.807) is 6.92 Å². The molecular formula is C17H22F3NO6. The summed E-state index contributed by atoms with van der Waals surface area (Å²) in [7, 11) is 4.04. The van der Waals surface area contributed by atoms with Gasteiger partial charge in [-0.3, -0.25) is 4.79 Å². The second kappa shape index (κ2) is 9.36. The van der Waals surface area contributed by atoms with E-state index in [1.807, 2.05) is 5.32 Å². The number of aliphatic hydroxyl groups is 1. The lowest BCUT2D eigenvalue weighted by Gasteiger charge is -2.27. The number of benzene rings is 1. The summed E-state index contributed by atoms with van der Waals surface area (Å²) in [4.78, 5) is 12.3. The van der Waals surface area contributed by atoms with Gasteiger partial charge in [-0.1, -0.05) is 0 Å². The Labute approximate surface area is 154 Å². The number of rotatable bonds is 9. The molecule has 1 aromatic rings. The van der Waals surface area contributed by atoms with Crippen LogP contribution in [0.2, 0.25) is 0 Å². The van der Waals surface area contributed by atoms with Crippen molar-refractivity contribution in [2.45, 2.75) is 18.7 Å². The Balaban J connectivity index is 3.06. The molecule has 0 aliphatic rings. The number of carbonyl (C=O) groups excluding carboxylic acids is 1. The quantitative estimate of drug-likeness (QED) is 0.626. The first-order valence-electron chi connectivity index (χ1n) is 7.80. The Kier molecular flexibility index (Phi) is 7.77. The van der Waals surface area contributed by atoms with Gasteiger partial charge in [0.2, 0.25) is 5.75 Å². The number of alkyl halides is 3. The molecule has 0 aliphatic carbocycles. The molecule has 2 N–H and O–H groups in total. The monoisotopic (exact) mass is 393 g/mol. The van der Waals surface area contributed by atoms with Crippen molar-refractivity contribution < 1.29 is 42.0 Å². The molecule has 0 saturated heterocycles. The van der Waals surface area contributed by atoms with E-state index in [-0.39, 0.29) is 29.4 Å². The van der Waals surface area contributed by atoms with E-state index in [9.17, 15) is 23.1 Å². The van der Waals surface area contributed by atoms with Crippen LogP contribution in [0.5, 0.6) is 17.2 Å². The van der Waals surface area contributed by atoms with Crippen molar-refractivity contribution in [2.75, 3.05) is 34.5 Å². The highest BCUT2D eigenvalue weighted by Crippen LogP contribution is 2.38. The van der Waals surface area contributed by atoms with Crippen molar-refractivity contribution in [1.29, 1.82) is 0 Å². The molecule has 0 saturated carbocycles. The molecule has 10 heteroatoms. The molecule has 1 amide bonds. The zero-order valence-electron chi connectivity index (χ0n) is 15.3. The highest BCUT2D eigenvalue weighted by atomic mass is 19.4. The van der Waals surface area contributed by atoms with Crippen LogP contribution in [0.1, 0.15) is 17.3 Å². The molecule has 0 aromatic heterocycles. The first-order chi connectivity index (χ1) is 12.6. The molecule has 0 aliphatic heterocycles. The van der Waals surface area contributed by atoms with Crippen molar-refractivity contribution in [1.82, 2.24) is 5.32 Å². The Morgan fingerprint density at radius 1 is 1.15 bits per heavy atom. The van der Waals surface area contributed by atoms with Crippen LogP contribution < -0.4 is 19.5 Å². The summed E-state index contributed by atoms with van der Waals surface area (Å²) in [6.07, 6.45) is -3.85. The maximum atomic E-state index is 13.2. The van der Waals surface area contributed by atoms with Crippen LogP contribution in [-0.4, -0.2) is 57.3 Å². The Bertz CT molecular complexity index is 652. The highest BCUT2D eigenvalue weighted by molar-refractivity contribution is 5.95. The number of hydrogen-bond donors (Lipinski definition) is 2. The second-order valence-electron chi connectivity index (χ2n) is 5.28. The Morgan fingerprint density at radius 3 is 2.11 bits per heavy atom. The molecule has 27 heavy (non-hydrogen) atoms. The average molecular weight is 393 g/mol. The Morgan fingerprint density at radius 2 is 1.70 bits per heavy atom. The second-order valence-corrected chi connectivity index (χ2v) is 5.28. The smallest absolute Gasteiger partial charge is 0.422 e. The number of hydrogen-bond acceptors (Lipinski definition) is 6. The maximum absolute atomic E-state index is 13.2. The van der Waals surface area contributed by atoms with Gasteiger partial charge in [-0.05, 0) is 25.1 Å². The van der Waals surface area contributed by atoms with Gasteiger partial charge >= 0.3 is 6.18 Å². The van der Waals surface area contributed by atoms with Gasteiger partial charge in [-0.15, -0.1) is 0 Å². The fourth-order valence-electron chi connectivity index (χ4n) is 2.04. The SMILES string of the molecule is CCO/C=C/C(O)(CNC(=O)c1cc(OC)c(OC)c(OC)c1)C(F)(F)F. The van der Waals surface area contributed by atoms with Crippen molar-refractivity contribution >= 4 is 5.91 Å². The van der Waals surface area contributed by atoms with Crippen molar-refractivity contribution in [3.05, 3.63) is 30.0 Å². The summed E-state index contributed by atoms with van der Waals surface area (Å²) in [6.45, 7) is 0.584. The van der Waals surface area contributed by atoms with Crippen LogP contribution in [0.15, 0.2) is 24.5 Å². The van der Waals surface area contributed by atoms with E-state index in [0.717, 1.165) is 6.26 Å². The zero-order valence-corrected chi connectivity index (χ0v) is 15.3. The minimum absolute atomic E-state index is 0.0391. The van der Waals surface area contributed by atoms with Crippen molar-refractivity contribution in [2.24, 2.45) is 0 Å². The van der Waals surface area contributed by atoms with E-state index in [2.05, 4.69) is 0 Å². The third kappa shape index (κ3) is 5.43. The number of nitrogens with one attached hydrogen (secondary N) is 1. The fourth-order valence-corrected chi connectivity index (χ4v) is 2.04. The molecule has 0 bridgehead atoms. The fraction of sp³-hybridized carbons (Fsp3) is 0.471. The zero-order chi connectivity index (χ0) is 20.7. The summed E-state index contributed by atoms with van der Waals surface area (Å²) < 4.78 is 59.5. The number of halogens is 3. The topological polar surface area (TPSA) is 86.3 Å². The Hall–Kier alpha value is -2.62. The van der Waals surface area contributed by atoms with Crippen molar-refractivity contribution in [3.8, 4) is 17.2 Å². The molecule has 1 rings (SSSR count). The van der Waals surface area contributed by atoms with Gasteiger partial charge in [0.15, 0.2) is 17.1 Å². The summed E-state index contributed by atoms with van der Waals surface area (Å²) in [5.41, 5.74) is -3.33. The molecule has 0 heterocycles. The number of ether oxygens (including phenoxy) is 4. The van der Waals surface area contributed by atoms with Gasteiger partial charge in [-0.25, -0.2) is 0 Å². The van der Waals surface area contributed by atoms with E-state index < -0.39 is 24.2 Å². The van der Waals surface area contributed by atoms with Gasteiger partial charge in [0.05, 0.1) is 40.7 Å². The van der Waals surface area contributed by atoms with Gasteiger partial charge in [0.1, 0.15) is 0 Å². The highest BCUT2D eigenvalue weighted by Gasteiger charge is 2.52. The summed E-state index contributed by atoms with van der Waals surface area (Å²) in [6, 6.07) is 2.55. The van der Waals surface area contributed by atoms with Crippen LogP contribution in [-0.2, 0) is 4.74 Å². The third-order valence-electron chi connectivity index (χ3n) is 3.54. The van der Waals surface area contributed by atoms with Crippen molar-refractivity contribution in [3.63, 3.8) is 0 Å². The summed E-state index contributed by atoms with van der Waals surface area (Å²) in [5, 5.41) is 11.9. The number of amides is 1.